The lowest BCUT2D eigenvalue weighted by Crippen LogP contribution is -2.50. The van der Waals surface area contributed by atoms with Crippen molar-refractivity contribution >= 4 is 0 Å². The first kappa shape index (κ1) is 16.3. The van der Waals surface area contributed by atoms with Gasteiger partial charge < -0.3 is 14.8 Å². The fourth-order valence-electron chi connectivity index (χ4n) is 2.85. The molecule has 4 nitrogen and oxygen atoms in total. The molecule has 1 fully saturated rings. The summed E-state index contributed by atoms with van der Waals surface area (Å²) in [6.07, 6.45) is 0. The summed E-state index contributed by atoms with van der Waals surface area (Å²) in [5.74, 6) is 0.934. The highest BCUT2D eigenvalue weighted by Gasteiger charge is 2.28. The fraction of sp³-hybridized carbons (Fsp3) is 0.647. The van der Waals surface area contributed by atoms with Gasteiger partial charge in [-0.05, 0) is 45.5 Å². The van der Waals surface area contributed by atoms with Crippen molar-refractivity contribution in [2.24, 2.45) is 0 Å². The first-order valence-electron chi connectivity index (χ1n) is 7.80. The third kappa shape index (κ3) is 4.70. The maximum atomic E-state index is 5.78. The molecule has 0 saturated carbocycles. The van der Waals surface area contributed by atoms with Gasteiger partial charge in [-0.1, -0.05) is 12.1 Å². The van der Waals surface area contributed by atoms with E-state index >= 15 is 0 Å². The molecule has 1 atom stereocenters. The third-order valence-electron chi connectivity index (χ3n) is 3.89. The molecule has 0 amide bonds. The van der Waals surface area contributed by atoms with Crippen LogP contribution in [0.4, 0.5) is 0 Å². The van der Waals surface area contributed by atoms with Crippen LogP contribution in [0.1, 0.15) is 32.4 Å². The van der Waals surface area contributed by atoms with Crippen molar-refractivity contribution in [3.63, 3.8) is 0 Å². The number of rotatable bonds is 6. The number of hydrogen-bond acceptors (Lipinski definition) is 4. The van der Waals surface area contributed by atoms with Gasteiger partial charge in [0.25, 0.3) is 0 Å². The molecular weight excluding hydrogens is 264 g/mol. The van der Waals surface area contributed by atoms with E-state index in [0.717, 1.165) is 32.0 Å². The number of ether oxygens (including phenoxy) is 2. The lowest BCUT2D eigenvalue weighted by molar-refractivity contribution is -0.0875. The molecule has 21 heavy (non-hydrogen) atoms. The summed E-state index contributed by atoms with van der Waals surface area (Å²) in [6.45, 7) is 10.8. The molecule has 1 aromatic carbocycles. The fourth-order valence-corrected chi connectivity index (χ4v) is 2.85. The Kier molecular flexibility index (Phi) is 5.62. The van der Waals surface area contributed by atoms with Crippen molar-refractivity contribution in [3.05, 3.63) is 29.8 Å². The van der Waals surface area contributed by atoms with Gasteiger partial charge in [0, 0.05) is 25.7 Å². The molecular formula is C17H28N2O2. The van der Waals surface area contributed by atoms with E-state index in [2.05, 4.69) is 36.2 Å². The number of benzene rings is 1. The van der Waals surface area contributed by atoms with Crippen LogP contribution in [0.3, 0.4) is 0 Å². The molecule has 0 aliphatic carbocycles. The molecule has 1 unspecified atom stereocenters. The van der Waals surface area contributed by atoms with Gasteiger partial charge in [-0.15, -0.1) is 0 Å². The highest BCUT2D eigenvalue weighted by molar-refractivity contribution is 5.29. The van der Waals surface area contributed by atoms with Crippen molar-refractivity contribution in [2.45, 2.75) is 32.4 Å². The second-order valence-electron chi connectivity index (χ2n) is 6.19. The summed E-state index contributed by atoms with van der Waals surface area (Å²) in [5.41, 5.74) is 1.25. The Labute approximate surface area is 128 Å². The molecule has 0 aromatic heterocycles. The van der Waals surface area contributed by atoms with Crippen LogP contribution in [0.5, 0.6) is 5.75 Å². The second kappa shape index (κ2) is 7.25. The minimum absolute atomic E-state index is 0.0463. The van der Waals surface area contributed by atoms with E-state index in [4.69, 9.17) is 9.47 Å². The zero-order valence-electron chi connectivity index (χ0n) is 13.7. The van der Waals surface area contributed by atoms with Gasteiger partial charge in [-0.2, -0.15) is 0 Å². The Bertz CT molecular complexity index is 431. The molecule has 0 bridgehead atoms. The molecule has 0 radical (unpaired) electrons. The van der Waals surface area contributed by atoms with E-state index in [9.17, 15) is 0 Å². The maximum absolute atomic E-state index is 5.78. The Balaban J connectivity index is 1.99. The highest BCUT2D eigenvalue weighted by Crippen LogP contribution is 2.22. The molecule has 1 N–H and O–H groups in total. The molecule has 1 heterocycles. The highest BCUT2D eigenvalue weighted by atomic mass is 16.5. The second-order valence-corrected chi connectivity index (χ2v) is 6.19. The first-order chi connectivity index (χ1) is 10.0. The van der Waals surface area contributed by atoms with Crippen LogP contribution < -0.4 is 10.1 Å². The molecule has 1 aromatic rings. The van der Waals surface area contributed by atoms with E-state index in [0.29, 0.717) is 12.6 Å². The normalized spacial score (nSPS) is 20.2. The Morgan fingerprint density at radius 1 is 1.33 bits per heavy atom. The number of morpholine rings is 1. The van der Waals surface area contributed by atoms with E-state index in [1.54, 1.807) is 0 Å². The van der Waals surface area contributed by atoms with Crippen molar-refractivity contribution in [3.8, 4) is 5.75 Å². The van der Waals surface area contributed by atoms with Gasteiger partial charge in [-0.25, -0.2) is 0 Å². The summed E-state index contributed by atoms with van der Waals surface area (Å²) >= 11 is 0. The topological polar surface area (TPSA) is 33.7 Å². The quantitative estimate of drug-likeness (QED) is 0.873. The lowest BCUT2D eigenvalue weighted by Gasteiger charge is -2.39. The summed E-state index contributed by atoms with van der Waals surface area (Å²) in [5, 5.41) is 3.42. The molecule has 1 saturated heterocycles. The van der Waals surface area contributed by atoms with E-state index < -0.39 is 0 Å². The summed E-state index contributed by atoms with van der Waals surface area (Å²) < 4.78 is 11.3. The average Bonchev–Trinajstić information content (AvgIpc) is 2.45. The molecule has 0 spiro atoms. The molecule has 118 valence electrons. The van der Waals surface area contributed by atoms with Crippen molar-refractivity contribution in [1.29, 1.82) is 0 Å². The predicted molar refractivity (Wildman–Crippen MR) is 85.9 cm³/mol. The van der Waals surface area contributed by atoms with E-state index in [1.165, 1.54) is 5.56 Å². The Morgan fingerprint density at radius 2 is 2.05 bits per heavy atom. The SMILES string of the molecule is CCOc1ccc(C(CN2CCOC(C)(C)C2)NC)cc1. The number of hydrogen-bond donors (Lipinski definition) is 1. The first-order valence-corrected chi connectivity index (χ1v) is 7.80. The van der Waals surface area contributed by atoms with Gasteiger partial charge in [0.05, 0.1) is 18.8 Å². The average molecular weight is 292 g/mol. The summed E-state index contributed by atoms with van der Waals surface area (Å²) in [4.78, 5) is 2.47. The Hall–Kier alpha value is -1.10. The van der Waals surface area contributed by atoms with Gasteiger partial charge in [0.15, 0.2) is 0 Å². The van der Waals surface area contributed by atoms with Crippen molar-refractivity contribution < 1.29 is 9.47 Å². The van der Waals surface area contributed by atoms with Crippen LogP contribution in [0, 0.1) is 0 Å². The maximum Gasteiger partial charge on any atom is 0.119 e. The number of likely N-dealkylation sites (N-methyl/N-ethyl adjacent to an activating group) is 1. The van der Waals surface area contributed by atoms with Crippen molar-refractivity contribution in [1.82, 2.24) is 10.2 Å². The van der Waals surface area contributed by atoms with Crippen molar-refractivity contribution in [2.75, 3.05) is 39.9 Å². The van der Waals surface area contributed by atoms with Gasteiger partial charge in [-0.3, -0.25) is 4.90 Å². The number of nitrogens with zero attached hydrogens (tertiary/aromatic N) is 1. The van der Waals surface area contributed by atoms with Crippen LogP contribution in [0.25, 0.3) is 0 Å². The third-order valence-corrected chi connectivity index (χ3v) is 3.89. The van der Waals surface area contributed by atoms with Gasteiger partial charge in [0.2, 0.25) is 0 Å². The minimum Gasteiger partial charge on any atom is -0.494 e. The minimum atomic E-state index is -0.0463. The van der Waals surface area contributed by atoms with Crippen LogP contribution in [0.2, 0.25) is 0 Å². The van der Waals surface area contributed by atoms with Crippen LogP contribution in [-0.2, 0) is 4.74 Å². The Morgan fingerprint density at radius 3 is 2.62 bits per heavy atom. The van der Waals surface area contributed by atoms with E-state index in [1.807, 2.05) is 26.1 Å². The smallest absolute Gasteiger partial charge is 0.119 e. The van der Waals surface area contributed by atoms with Crippen LogP contribution in [0.15, 0.2) is 24.3 Å². The molecule has 4 heteroatoms. The standard InChI is InChI=1S/C17H28N2O2/c1-5-20-15-8-6-14(7-9-15)16(18-4)12-19-10-11-21-17(2,3)13-19/h6-9,16,18H,5,10-13H2,1-4H3. The van der Waals surface area contributed by atoms with E-state index in [-0.39, 0.29) is 5.60 Å². The summed E-state index contributed by atoms with van der Waals surface area (Å²) in [7, 11) is 2.02. The predicted octanol–water partition coefficient (Wildman–Crippen LogP) is 2.46. The number of nitrogens with one attached hydrogen (secondary N) is 1. The van der Waals surface area contributed by atoms with Crippen LogP contribution >= 0.6 is 0 Å². The largest absolute Gasteiger partial charge is 0.494 e. The van der Waals surface area contributed by atoms with Gasteiger partial charge >= 0.3 is 0 Å². The lowest BCUT2D eigenvalue weighted by atomic mass is 10.0. The zero-order chi connectivity index (χ0) is 15.3. The molecule has 2 rings (SSSR count). The monoisotopic (exact) mass is 292 g/mol. The zero-order valence-corrected chi connectivity index (χ0v) is 13.7. The summed E-state index contributed by atoms with van der Waals surface area (Å²) in [6, 6.07) is 8.73. The molecule has 1 aliphatic heterocycles. The molecule has 1 aliphatic rings. The van der Waals surface area contributed by atoms with Crippen LogP contribution in [-0.4, -0.2) is 50.4 Å². The van der Waals surface area contributed by atoms with Gasteiger partial charge in [0.1, 0.15) is 5.75 Å².